The van der Waals surface area contributed by atoms with Crippen LogP contribution in [0.1, 0.15) is 37.8 Å². The number of hydrogen-bond donors (Lipinski definition) is 1. The van der Waals surface area contributed by atoms with Gasteiger partial charge in [-0.1, -0.05) is 24.1 Å². The number of benzene rings is 1. The smallest absolute Gasteiger partial charge is 0.288 e. The van der Waals surface area contributed by atoms with Gasteiger partial charge in [0.05, 0.1) is 4.92 Å². The van der Waals surface area contributed by atoms with Gasteiger partial charge in [0, 0.05) is 24.7 Å². The van der Waals surface area contributed by atoms with E-state index in [1.807, 2.05) is 6.07 Å². The molecule has 0 saturated carbocycles. The third-order valence-corrected chi connectivity index (χ3v) is 4.35. The van der Waals surface area contributed by atoms with E-state index in [-0.39, 0.29) is 16.8 Å². The standard InChI is InChI=1S/C14H20ClN3O2/c1-10-4-2-3-7-17(10)14(9-16)11-5-6-12(15)13(8-11)18(19)20/h5-6,8,10,14H,2-4,7,9,16H2,1H3. The average molecular weight is 298 g/mol. The van der Waals surface area contributed by atoms with Crippen molar-refractivity contribution in [1.29, 1.82) is 0 Å². The molecule has 1 heterocycles. The molecule has 20 heavy (non-hydrogen) atoms. The van der Waals surface area contributed by atoms with E-state index in [2.05, 4.69) is 11.8 Å². The molecule has 2 rings (SSSR count). The summed E-state index contributed by atoms with van der Waals surface area (Å²) in [5, 5.41) is 11.2. The van der Waals surface area contributed by atoms with Crippen LogP contribution in [0, 0.1) is 10.1 Å². The molecule has 0 spiro atoms. The SMILES string of the molecule is CC1CCCCN1C(CN)c1ccc(Cl)c([N+](=O)[O-])c1. The van der Waals surface area contributed by atoms with Gasteiger partial charge in [0.25, 0.3) is 5.69 Å². The number of nitrogens with two attached hydrogens (primary N) is 1. The fourth-order valence-corrected chi connectivity index (χ4v) is 3.11. The molecule has 2 atom stereocenters. The molecule has 0 aromatic heterocycles. The molecule has 1 aliphatic rings. The number of rotatable bonds is 4. The summed E-state index contributed by atoms with van der Waals surface area (Å²) >= 11 is 5.87. The summed E-state index contributed by atoms with van der Waals surface area (Å²) in [6.45, 7) is 3.62. The highest BCUT2D eigenvalue weighted by Gasteiger charge is 2.27. The molecule has 2 N–H and O–H groups in total. The average Bonchev–Trinajstić information content (AvgIpc) is 2.43. The van der Waals surface area contributed by atoms with Crippen LogP contribution in [0.3, 0.4) is 0 Å². The normalized spacial score (nSPS) is 21.6. The number of piperidine rings is 1. The first kappa shape index (κ1) is 15.2. The van der Waals surface area contributed by atoms with Gasteiger partial charge in [0.1, 0.15) is 5.02 Å². The molecule has 0 bridgehead atoms. The number of nitro groups is 1. The summed E-state index contributed by atoms with van der Waals surface area (Å²) in [6.07, 6.45) is 3.53. The van der Waals surface area contributed by atoms with E-state index in [9.17, 15) is 10.1 Å². The van der Waals surface area contributed by atoms with Gasteiger partial charge in [-0.05, 0) is 37.9 Å². The lowest BCUT2D eigenvalue weighted by Gasteiger charge is -2.39. The van der Waals surface area contributed by atoms with Crippen molar-refractivity contribution in [2.45, 2.75) is 38.3 Å². The number of likely N-dealkylation sites (tertiary alicyclic amines) is 1. The Morgan fingerprint density at radius 2 is 2.30 bits per heavy atom. The fraction of sp³-hybridized carbons (Fsp3) is 0.571. The summed E-state index contributed by atoms with van der Waals surface area (Å²) in [5.41, 5.74) is 6.74. The lowest BCUT2D eigenvalue weighted by atomic mass is 9.97. The predicted molar refractivity (Wildman–Crippen MR) is 79.9 cm³/mol. The molecule has 0 amide bonds. The maximum Gasteiger partial charge on any atom is 0.288 e. The molecule has 2 unspecified atom stereocenters. The zero-order valence-electron chi connectivity index (χ0n) is 11.6. The Bertz CT molecular complexity index is 495. The summed E-state index contributed by atoms with van der Waals surface area (Å²) < 4.78 is 0. The monoisotopic (exact) mass is 297 g/mol. The van der Waals surface area contributed by atoms with E-state index in [4.69, 9.17) is 17.3 Å². The lowest BCUT2D eigenvalue weighted by molar-refractivity contribution is -0.384. The summed E-state index contributed by atoms with van der Waals surface area (Å²) in [7, 11) is 0. The molecular weight excluding hydrogens is 278 g/mol. The van der Waals surface area contributed by atoms with Gasteiger partial charge in [-0.3, -0.25) is 15.0 Å². The Morgan fingerprint density at radius 1 is 1.55 bits per heavy atom. The van der Waals surface area contributed by atoms with Crippen molar-refractivity contribution in [3.05, 3.63) is 38.9 Å². The quantitative estimate of drug-likeness (QED) is 0.684. The first-order valence-corrected chi connectivity index (χ1v) is 7.32. The molecular formula is C14H20ClN3O2. The van der Waals surface area contributed by atoms with Crippen LogP contribution in [0.2, 0.25) is 5.02 Å². The van der Waals surface area contributed by atoms with E-state index in [0.717, 1.165) is 24.9 Å². The highest BCUT2D eigenvalue weighted by atomic mass is 35.5. The maximum atomic E-state index is 11.0. The van der Waals surface area contributed by atoms with E-state index < -0.39 is 4.92 Å². The second kappa shape index (κ2) is 6.52. The minimum Gasteiger partial charge on any atom is -0.329 e. The zero-order valence-corrected chi connectivity index (χ0v) is 12.3. The molecule has 1 aromatic rings. The Hall–Kier alpha value is -1.17. The number of hydrogen-bond acceptors (Lipinski definition) is 4. The van der Waals surface area contributed by atoms with Crippen LogP contribution < -0.4 is 5.73 Å². The number of halogens is 1. The van der Waals surface area contributed by atoms with Crippen molar-refractivity contribution >= 4 is 17.3 Å². The maximum absolute atomic E-state index is 11.0. The van der Waals surface area contributed by atoms with E-state index in [0.29, 0.717) is 12.6 Å². The Kier molecular flexibility index (Phi) is 4.96. The molecule has 1 saturated heterocycles. The van der Waals surface area contributed by atoms with Gasteiger partial charge < -0.3 is 5.73 Å². The highest BCUT2D eigenvalue weighted by molar-refractivity contribution is 6.32. The van der Waals surface area contributed by atoms with Crippen LogP contribution in [0.15, 0.2) is 18.2 Å². The van der Waals surface area contributed by atoms with Gasteiger partial charge in [-0.15, -0.1) is 0 Å². The van der Waals surface area contributed by atoms with Crippen molar-refractivity contribution in [2.24, 2.45) is 5.73 Å². The van der Waals surface area contributed by atoms with Gasteiger partial charge >= 0.3 is 0 Å². The molecule has 0 aliphatic carbocycles. The minimum absolute atomic E-state index is 0.0151. The second-order valence-electron chi connectivity index (χ2n) is 5.30. The minimum atomic E-state index is -0.445. The molecule has 1 aromatic carbocycles. The second-order valence-corrected chi connectivity index (χ2v) is 5.71. The summed E-state index contributed by atoms with van der Waals surface area (Å²) in [4.78, 5) is 12.9. The van der Waals surface area contributed by atoms with Crippen LogP contribution >= 0.6 is 11.6 Å². The first-order chi connectivity index (χ1) is 9.54. The molecule has 1 aliphatic heterocycles. The van der Waals surface area contributed by atoms with Crippen LogP contribution in [0.25, 0.3) is 0 Å². The Balaban J connectivity index is 2.31. The van der Waals surface area contributed by atoms with Crippen molar-refractivity contribution in [2.75, 3.05) is 13.1 Å². The summed E-state index contributed by atoms with van der Waals surface area (Å²) in [6, 6.07) is 5.45. The number of nitrogens with zero attached hydrogens (tertiary/aromatic N) is 2. The highest BCUT2D eigenvalue weighted by Crippen LogP contribution is 2.32. The van der Waals surface area contributed by atoms with E-state index >= 15 is 0 Å². The van der Waals surface area contributed by atoms with Crippen molar-refractivity contribution < 1.29 is 4.92 Å². The zero-order chi connectivity index (χ0) is 14.7. The summed E-state index contributed by atoms with van der Waals surface area (Å²) in [5.74, 6) is 0. The number of nitro benzene ring substituents is 1. The molecule has 110 valence electrons. The fourth-order valence-electron chi connectivity index (χ4n) is 2.92. The van der Waals surface area contributed by atoms with Crippen LogP contribution in [0.4, 0.5) is 5.69 Å². The van der Waals surface area contributed by atoms with Crippen molar-refractivity contribution in [3.63, 3.8) is 0 Å². The van der Waals surface area contributed by atoms with Crippen molar-refractivity contribution in [1.82, 2.24) is 4.90 Å². The van der Waals surface area contributed by atoms with Crippen LogP contribution in [0.5, 0.6) is 0 Å². The van der Waals surface area contributed by atoms with Crippen LogP contribution in [-0.2, 0) is 0 Å². The third kappa shape index (κ3) is 3.11. The third-order valence-electron chi connectivity index (χ3n) is 4.03. The van der Waals surface area contributed by atoms with E-state index in [1.54, 1.807) is 12.1 Å². The molecule has 1 fully saturated rings. The topological polar surface area (TPSA) is 72.4 Å². The van der Waals surface area contributed by atoms with Crippen molar-refractivity contribution in [3.8, 4) is 0 Å². The molecule has 0 radical (unpaired) electrons. The van der Waals surface area contributed by atoms with Gasteiger partial charge in [0.2, 0.25) is 0 Å². The largest absolute Gasteiger partial charge is 0.329 e. The Morgan fingerprint density at radius 3 is 2.90 bits per heavy atom. The Labute approximate surface area is 123 Å². The van der Waals surface area contributed by atoms with Crippen LogP contribution in [-0.4, -0.2) is 29.0 Å². The lowest BCUT2D eigenvalue weighted by Crippen LogP contribution is -2.43. The van der Waals surface area contributed by atoms with E-state index in [1.165, 1.54) is 6.42 Å². The predicted octanol–water partition coefficient (Wildman–Crippen LogP) is 3.12. The molecule has 5 nitrogen and oxygen atoms in total. The van der Waals surface area contributed by atoms with Gasteiger partial charge in [-0.25, -0.2) is 0 Å². The first-order valence-electron chi connectivity index (χ1n) is 6.94. The van der Waals surface area contributed by atoms with Gasteiger partial charge in [0.15, 0.2) is 0 Å². The van der Waals surface area contributed by atoms with Gasteiger partial charge in [-0.2, -0.15) is 0 Å². The molecule has 6 heteroatoms.